The average molecular weight is 467 g/mol. The van der Waals surface area contributed by atoms with Crippen LogP contribution in [0.4, 0.5) is 17.6 Å². The molecule has 30 heavy (non-hydrogen) atoms. The quantitative estimate of drug-likeness (QED) is 0.271. The Morgan fingerprint density at radius 2 is 1.60 bits per heavy atom. The van der Waals surface area contributed by atoms with Gasteiger partial charge in [0, 0.05) is 12.1 Å². The van der Waals surface area contributed by atoms with Gasteiger partial charge in [0.2, 0.25) is 0 Å². The summed E-state index contributed by atoms with van der Waals surface area (Å²) in [6, 6.07) is 7.84. The number of unbranched alkanes of at least 4 members (excludes halogenated alkanes) is 1. The molecule has 3 nitrogen and oxygen atoms in total. The normalized spacial score (nSPS) is 12.0. The summed E-state index contributed by atoms with van der Waals surface area (Å²) in [5.74, 6) is 1.36. The molecule has 0 aliphatic carbocycles. The van der Waals surface area contributed by atoms with E-state index in [1.54, 1.807) is 19.1 Å². The highest BCUT2D eigenvalue weighted by Gasteiger charge is 2.29. The third kappa shape index (κ3) is 7.95. The molecule has 0 unspecified atom stereocenters. The first kappa shape index (κ1) is 24.2. The maximum Gasteiger partial charge on any atom is 0.416 e. The molecule has 0 bridgehead atoms. The number of aryl methyl sites for hydroxylation is 1. The van der Waals surface area contributed by atoms with Gasteiger partial charge in [-0.05, 0) is 55.7 Å². The molecule has 0 atom stereocenters. The van der Waals surface area contributed by atoms with Gasteiger partial charge in [-0.2, -0.15) is 17.6 Å². The van der Waals surface area contributed by atoms with Crippen LogP contribution >= 0.6 is 23.2 Å². The fourth-order valence-corrected chi connectivity index (χ4v) is 2.85. The molecule has 0 spiro atoms. The number of hydrogen-bond acceptors (Lipinski definition) is 3. The minimum absolute atomic E-state index is 0.0236. The summed E-state index contributed by atoms with van der Waals surface area (Å²) in [5.41, 5.74) is 0.0448. The smallest absolute Gasteiger partial charge is 0.416 e. The number of hydrogen-bond donors (Lipinski definition) is 0. The summed E-state index contributed by atoms with van der Waals surface area (Å²) in [5, 5.41) is -0.485. The standard InChI is InChI=1S/C21H20Cl2F4O3/c1-14-12-17(29-11-8-19(23)24)13-18(22)20(14)30-10-3-2-9-28-16-6-4-15(5-7-16)21(25,26)27/h4-8,12-13H,2-3,9-11H2,1H3. The largest absolute Gasteiger partial charge is 0.494 e. The van der Waals surface area contributed by atoms with Crippen molar-refractivity contribution in [3.8, 4) is 17.2 Å². The molecule has 0 saturated carbocycles. The molecule has 0 aliphatic rings. The first-order valence-electron chi connectivity index (χ1n) is 9.04. The number of alkyl halides is 3. The van der Waals surface area contributed by atoms with Crippen molar-refractivity contribution in [1.82, 2.24) is 0 Å². The number of benzene rings is 2. The van der Waals surface area contributed by atoms with Crippen molar-refractivity contribution in [2.24, 2.45) is 0 Å². The Morgan fingerprint density at radius 1 is 0.967 bits per heavy atom. The Labute approximate surface area is 182 Å². The lowest BCUT2D eigenvalue weighted by atomic mass is 10.2. The first-order valence-corrected chi connectivity index (χ1v) is 9.79. The summed E-state index contributed by atoms with van der Waals surface area (Å²) in [7, 11) is 0. The maximum absolute atomic E-state index is 12.5. The van der Waals surface area contributed by atoms with E-state index in [4.69, 9.17) is 37.4 Å². The molecule has 0 radical (unpaired) electrons. The van der Waals surface area contributed by atoms with Crippen molar-refractivity contribution in [2.45, 2.75) is 25.9 Å². The van der Waals surface area contributed by atoms with E-state index in [0.29, 0.717) is 48.3 Å². The second-order valence-corrected chi connectivity index (χ2v) is 7.05. The Balaban J connectivity index is 1.73. The van der Waals surface area contributed by atoms with Crippen molar-refractivity contribution >= 4 is 23.2 Å². The SMILES string of the molecule is Cc1cc(OCC=C(F)Cl)cc(Cl)c1OCCCCOc1ccc(C(F)(F)F)cc1. The zero-order valence-corrected chi connectivity index (χ0v) is 17.6. The Bertz CT molecular complexity index is 825. The van der Waals surface area contributed by atoms with Crippen molar-refractivity contribution in [2.75, 3.05) is 19.8 Å². The van der Waals surface area contributed by atoms with Gasteiger partial charge in [0.25, 0.3) is 0 Å². The van der Waals surface area contributed by atoms with Gasteiger partial charge in [-0.1, -0.05) is 23.2 Å². The van der Waals surface area contributed by atoms with Crippen LogP contribution in [0.5, 0.6) is 17.2 Å². The van der Waals surface area contributed by atoms with E-state index in [-0.39, 0.29) is 6.61 Å². The van der Waals surface area contributed by atoms with Gasteiger partial charge in [0.05, 0.1) is 23.8 Å². The van der Waals surface area contributed by atoms with Crippen LogP contribution in [0.15, 0.2) is 47.8 Å². The van der Waals surface area contributed by atoms with Gasteiger partial charge in [-0.3, -0.25) is 0 Å². The molecule has 0 amide bonds. The van der Waals surface area contributed by atoms with Crippen molar-refractivity contribution in [1.29, 1.82) is 0 Å². The molecule has 2 aromatic rings. The van der Waals surface area contributed by atoms with Gasteiger partial charge in [0.15, 0.2) is 5.29 Å². The minimum atomic E-state index is -4.36. The van der Waals surface area contributed by atoms with E-state index < -0.39 is 17.0 Å². The van der Waals surface area contributed by atoms with Gasteiger partial charge < -0.3 is 14.2 Å². The molecule has 0 fully saturated rings. The van der Waals surface area contributed by atoms with Gasteiger partial charge >= 0.3 is 6.18 Å². The minimum Gasteiger partial charge on any atom is -0.494 e. The zero-order valence-electron chi connectivity index (χ0n) is 16.1. The monoisotopic (exact) mass is 466 g/mol. The van der Waals surface area contributed by atoms with Gasteiger partial charge in [-0.15, -0.1) is 0 Å². The maximum atomic E-state index is 12.5. The molecule has 0 saturated heterocycles. The molecule has 164 valence electrons. The number of halogens is 6. The van der Waals surface area contributed by atoms with Crippen LogP contribution in [-0.4, -0.2) is 19.8 Å². The Hall–Kier alpha value is -2.12. The van der Waals surface area contributed by atoms with Crippen LogP contribution < -0.4 is 14.2 Å². The van der Waals surface area contributed by atoms with Crippen LogP contribution in [0.2, 0.25) is 5.02 Å². The Kier molecular flexibility index (Phi) is 9.11. The van der Waals surface area contributed by atoms with Gasteiger partial charge in [0.1, 0.15) is 23.9 Å². The molecule has 0 aromatic heterocycles. The highest BCUT2D eigenvalue weighted by Crippen LogP contribution is 2.33. The fraction of sp³-hybridized carbons (Fsp3) is 0.333. The molecule has 0 N–H and O–H groups in total. The summed E-state index contributed by atoms with van der Waals surface area (Å²) >= 11 is 11.3. The molecule has 9 heteroatoms. The third-order valence-corrected chi connectivity index (χ3v) is 4.36. The fourth-order valence-electron chi connectivity index (χ4n) is 2.47. The van der Waals surface area contributed by atoms with Crippen molar-refractivity contribution in [3.05, 3.63) is 63.9 Å². The second-order valence-electron chi connectivity index (χ2n) is 6.28. The predicted octanol–water partition coefficient (Wildman–Crippen LogP) is 7.33. The lowest BCUT2D eigenvalue weighted by Gasteiger charge is -2.13. The van der Waals surface area contributed by atoms with Crippen molar-refractivity contribution in [3.63, 3.8) is 0 Å². The predicted molar refractivity (Wildman–Crippen MR) is 108 cm³/mol. The first-order chi connectivity index (χ1) is 14.2. The third-order valence-electron chi connectivity index (χ3n) is 3.93. The summed E-state index contributed by atoms with van der Waals surface area (Å²) in [6.45, 7) is 2.51. The van der Waals surface area contributed by atoms with E-state index in [0.717, 1.165) is 23.8 Å². The van der Waals surface area contributed by atoms with Crippen LogP contribution in [0.1, 0.15) is 24.0 Å². The molecule has 2 aromatic carbocycles. The van der Waals surface area contributed by atoms with E-state index in [9.17, 15) is 17.6 Å². The average Bonchev–Trinajstić information content (AvgIpc) is 2.65. The Morgan fingerprint density at radius 3 is 2.17 bits per heavy atom. The van der Waals surface area contributed by atoms with E-state index in [1.165, 1.54) is 12.1 Å². The molecule has 0 heterocycles. The molecule has 2 rings (SSSR count). The van der Waals surface area contributed by atoms with Crippen LogP contribution in [0, 0.1) is 6.92 Å². The van der Waals surface area contributed by atoms with E-state index in [2.05, 4.69) is 0 Å². The van der Waals surface area contributed by atoms with Crippen LogP contribution in [0.3, 0.4) is 0 Å². The number of ether oxygens (including phenoxy) is 3. The van der Waals surface area contributed by atoms with Crippen molar-refractivity contribution < 1.29 is 31.8 Å². The summed E-state index contributed by atoms with van der Waals surface area (Å²) in [4.78, 5) is 0. The lowest BCUT2D eigenvalue weighted by molar-refractivity contribution is -0.137. The van der Waals surface area contributed by atoms with Gasteiger partial charge in [-0.25, -0.2) is 0 Å². The number of rotatable bonds is 10. The zero-order chi connectivity index (χ0) is 22.1. The second kappa shape index (κ2) is 11.3. The molecule has 0 aliphatic heterocycles. The van der Waals surface area contributed by atoms with E-state index in [1.807, 2.05) is 0 Å². The van der Waals surface area contributed by atoms with Crippen LogP contribution in [0.25, 0.3) is 0 Å². The highest BCUT2D eigenvalue weighted by molar-refractivity contribution is 6.32. The topological polar surface area (TPSA) is 27.7 Å². The summed E-state index contributed by atoms with van der Waals surface area (Å²) < 4.78 is 66.5. The summed E-state index contributed by atoms with van der Waals surface area (Å²) in [6.07, 6.45) is -1.97. The van der Waals surface area contributed by atoms with Crippen LogP contribution in [-0.2, 0) is 6.18 Å². The molecular weight excluding hydrogens is 447 g/mol. The highest BCUT2D eigenvalue weighted by atomic mass is 35.5. The lowest BCUT2D eigenvalue weighted by Crippen LogP contribution is -2.05. The van der Waals surface area contributed by atoms with E-state index >= 15 is 0 Å². The molecular formula is C21H20Cl2F4O3.